The Labute approximate surface area is 73.5 Å². The van der Waals surface area contributed by atoms with Crippen LogP contribution in [0.3, 0.4) is 0 Å². The number of azo groups is 1. The fourth-order valence-electron chi connectivity index (χ4n) is 1.17. The van der Waals surface area contributed by atoms with Crippen LogP contribution in [0.2, 0.25) is 0 Å². The van der Waals surface area contributed by atoms with Gasteiger partial charge in [-0.1, -0.05) is 28.1 Å². The second kappa shape index (κ2) is 2.41. The molecule has 1 aliphatic heterocycles. The van der Waals surface area contributed by atoms with Gasteiger partial charge in [0.25, 0.3) is 0 Å². The molecule has 0 unspecified atom stereocenters. The average Bonchev–Trinajstić information content (AvgIpc) is 2.45. The summed E-state index contributed by atoms with van der Waals surface area (Å²) in [6, 6.07) is 0.160. The fraction of sp³-hybridized carbons (Fsp3) is 0.250. The number of allylic oxidation sites excluding steroid dienone is 2. The standard InChI is InChI=1S/C8H7BrN2/c1-5-2-3-7-6(8(5)9)4-10-11-7/h2-4,7H,1H3/t7-/m1/s1. The molecule has 1 heterocycles. The summed E-state index contributed by atoms with van der Waals surface area (Å²) in [6.07, 6.45) is 5.93. The lowest BCUT2D eigenvalue weighted by Gasteiger charge is -2.12. The Balaban J connectivity index is 2.48. The SMILES string of the molecule is CC1=C(Br)C2=CN=N[C@@H]2C=C1. The van der Waals surface area contributed by atoms with Crippen LogP contribution in [0, 0.1) is 0 Å². The first-order valence-electron chi connectivity index (χ1n) is 3.44. The van der Waals surface area contributed by atoms with E-state index in [9.17, 15) is 0 Å². The van der Waals surface area contributed by atoms with Crippen molar-refractivity contribution in [3.63, 3.8) is 0 Å². The molecule has 0 bridgehead atoms. The van der Waals surface area contributed by atoms with Crippen LogP contribution in [0.15, 0.2) is 44.2 Å². The highest BCUT2D eigenvalue weighted by Gasteiger charge is 2.21. The van der Waals surface area contributed by atoms with Crippen molar-refractivity contribution >= 4 is 15.9 Å². The molecule has 3 heteroatoms. The van der Waals surface area contributed by atoms with E-state index in [0.29, 0.717) is 0 Å². The van der Waals surface area contributed by atoms with Crippen LogP contribution < -0.4 is 0 Å². The van der Waals surface area contributed by atoms with Crippen LogP contribution in [0.25, 0.3) is 0 Å². The number of halogens is 1. The Kier molecular flexibility index (Phi) is 1.53. The molecule has 11 heavy (non-hydrogen) atoms. The zero-order chi connectivity index (χ0) is 7.84. The van der Waals surface area contributed by atoms with Gasteiger partial charge in [0.1, 0.15) is 6.04 Å². The van der Waals surface area contributed by atoms with Gasteiger partial charge in [-0.2, -0.15) is 10.2 Å². The van der Waals surface area contributed by atoms with E-state index in [1.807, 2.05) is 6.20 Å². The van der Waals surface area contributed by atoms with Gasteiger partial charge < -0.3 is 0 Å². The minimum Gasteiger partial charge on any atom is -0.177 e. The van der Waals surface area contributed by atoms with Crippen LogP contribution in [0.5, 0.6) is 0 Å². The Morgan fingerprint density at radius 3 is 3.18 bits per heavy atom. The normalized spacial score (nSPS) is 27.5. The molecule has 0 N–H and O–H groups in total. The zero-order valence-electron chi connectivity index (χ0n) is 6.08. The van der Waals surface area contributed by atoms with Crippen molar-refractivity contribution < 1.29 is 0 Å². The summed E-state index contributed by atoms with van der Waals surface area (Å²) in [5, 5.41) is 7.88. The van der Waals surface area contributed by atoms with Crippen molar-refractivity contribution in [3.8, 4) is 0 Å². The molecule has 1 aliphatic carbocycles. The van der Waals surface area contributed by atoms with E-state index >= 15 is 0 Å². The molecule has 0 spiro atoms. The quantitative estimate of drug-likeness (QED) is 0.588. The van der Waals surface area contributed by atoms with Crippen molar-refractivity contribution in [2.75, 3.05) is 0 Å². The molecule has 0 aromatic heterocycles. The molecule has 2 rings (SSSR count). The summed E-state index contributed by atoms with van der Waals surface area (Å²) < 4.78 is 1.13. The number of hydrogen-bond acceptors (Lipinski definition) is 2. The highest BCUT2D eigenvalue weighted by atomic mass is 79.9. The third-order valence-electron chi connectivity index (χ3n) is 1.83. The van der Waals surface area contributed by atoms with Gasteiger partial charge in [0.15, 0.2) is 0 Å². The van der Waals surface area contributed by atoms with Crippen molar-refractivity contribution in [2.45, 2.75) is 13.0 Å². The molecule has 0 aromatic carbocycles. The minimum absolute atomic E-state index is 0.160. The van der Waals surface area contributed by atoms with E-state index in [1.165, 1.54) is 11.1 Å². The highest BCUT2D eigenvalue weighted by molar-refractivity contribution is 9.12. The summed E-state index contributed by atoms with van der Waals surface area (Å²) in [5.41, 5.74) is 2.41. The molecule has 2 nitrogen and oxygen atoms in total. The van der Waals surface area contributed by atoms with Crippen molar-refractivity contribution in [1.29, 1.82) is 0 Å². The van der Waals surface area contributed by atoms with Gasteiger partial charge in [0.2, 0.25) is 0 Å². The van der Waals surface area contributed by atoms with E-state index in [4.69, 9.17) is 0 Å². The van der Waals surface area contributed by atoms with Gasteiger partial charge in [-0.05, 0) is 12.5 Å². The highest BCUT2D eigenvalue weighted by Crippen LogP contribution is 2.33. The molecular formula is C8H7BrN2. The third kappa shape index (κ3) is 0.997. The van der Waals surface area contributed by atoms with Crippen LogP contribution >= 0.6 is 15.9 Å². The topological polar surface area (TPSA) is 24.7 Å². The molecule has 0 saturated carbocycles. The van der Waals surface area contributed by atoms with Crippen molar-refractivity contribution in [1.82, 2.24) is 0 Å². The van der Waals surface area contributed by atoms with Crippen molar-refractivity contribution in [2.24, 2.45) is 10.2 Å². The number of rotatable bonds is 0. The number of hydrogen-bond donors (Lipinski definition) is 0. The predicted molar refractivity (Wildman–Crippen MR) is 47.5 cm³/mol. The van der Waals surface area contributed by atoms with Crippen LogP contribution in [0.1, 0.15) is 6.92 Å². The maximum Gasteiger partial charge on any atom is 0.117 e. The number of fused-ring (bicyclic) bond motifs is 1. The van der Waals surface area contributed by atoms with Crippen LogP contribution in [0.4, 0.5) is 0 Å². The third-order valence-corrected chi connectivity index (χ3v) is 2.92. The van der Waals surface area contributed by atoms with Gasteiger partial charge in [0.05, 0.1) is 6.20 Å². The first kappa shape index (κ1) is 6.98. The smallest absolute Gasteiger partial charge is 0.117 e. The molecule has 0 amide bonds. The van der Waals surface area contributed by atoms with E-state index in [0.717, 1.165) is 4.48 Å². The zero-order valence-corrected chi connectivity index (χ0v) is 7.67. The number of nitrogens with zero attached hydrogens (tertiary/aromatic N) is 2. The monoisotopic (exact) mass is 210 g/mol. The van der Waals surface area contributed by atoms with E-state index < -0.39 is 0 Å². The summed E-state index contributed by atoms with van der Waals surface area (Å²) in [5.74, 6) is 0. The van der Waals surface area contributed by atoms with Crippen LogP contribution in [-0.4, -0.2) is 6.04 Å². The van der Waals surface area contributed by atoms with E-state index in [2.05, 4.69) is 45.2 Å². The fourth-order valence-corrected chi connectivity index (χ4v) is 1.64. The molecule has 0 fully saturated rings. The van der Waals surface area contributed by atoms with Crippen molar-refractivity contribution in [3.05, 3.63) is 34.0 Å². The lowest BCUT2D eigenvalue weighted by atomic mass is 10.0. The molecule has 0 aromatic rings. The lowest BCUT2D eigenvalue weighted by molar-refractivity contribution is 0.937. The first-order valence-corrected chi connectivity index (χ1v) is 4.23. The first-order chi connectivity index (χ1) is 5.29. The summed E-state index contributed by atoms with van der Waals surface area (Å²) in [6.45, 7) is 2.07. The maximum atomic E-state index is 4.02. The summed E-state index contributed by atoms with van der Waals surface area (Å²) >= 11 is 3.50. The van der Waals surface area contributed by atoms with Gasteiger partial charge in [-0.25, -0.2) is 0 Å². The average molecular weight is 211 g/mol. The van der Waals surface area contributed by atoms with E-state index in [1.54, 1.807) is 0 Å². The lowest BCUT2D eigenvalue weighted by Crippen LogP contribution is -2.05. The minimum atomic E-state index is 0.160. The van der Waals surface area contributed by atoms with Crippen LogP contribution in [-0.2, 0) is 0 Å². The predicted octanol–water partition coefficient (Wildman–Crippen LogP) is 2.94. The largest absolute Gasteiger partial charge is 0.177 e. The maximum absolute atomic E-state index is 4.02. The molecule has 2 aliphatic rings. The summed E-state index contributed by atoms with van der Waals surface area (Å²) in [7, 11) is 0. The van der Waals surface area contributed by atoms with Gasteiger partial charge in [0, 0.05) is 10.1 Å². The second-order valence-corrected chi connectivity index (χ2v) is 3.41. The van der Waals surface area contributed by atoms with Gasteiger partial charge in [-0.15, -0.1) is 0 Å². The van der Waals surface area contributed by atoms with E-state index in [-0.39, 0.29) is 6.04 Å². The molecule has 0 saturated heterocycles. The van der Waals surface area contributed by atoms with Gasteiger partial charge in [-0.3, -0.25) is 0 Å². The molecular weight excluding hydrogens is 204 g/mol. The Bertz CT molecular complexity index is 310. The Morgan fingerprint density at radius 2 is 2.36 bits per heavy atom. The summed E-state index contributed by atoms with van der Waals surface area (Å²) in [4.78, 5) is 0. The Morgan fingerprint density at radius 1 is 1.55 bits per heavy atom. The molecule has 0 radical (unpaired) electrons. The Hall–Kier alpha value is -0.700. The molecule has 1 atom stereocenters. The van der Waals surface area contributed by atoms with Gasteiger partial charge >= 0.3 is 0 Å². The second-order valence-electron chi connectivity index (χ2n) is 2.62. The molecule has 56 valence electrons.